The summed E-state index contributed by atoms with van der Waals surface area (Å²) in [5.74, 6) is 0.860. The van der Waals surface area contributed by atoms with Gasteiger partial charge in [0.25, 0.3) is 0 Å². The van der Waals surface area contributed by atoms with Crippen LogP contribution >= 0.6 is 35.3 Å². The molecule has 1 unspecified atom stereocenters. The van der Waals surface area contributed by atoms with Gasteiger partial charge in [-0.2, -0.15) is 0 Å². The van der Waals surface area contributed by atoms with E-state index < -0.39 is 0 Å². The van der Waals surface area contributed by atoms with Crippen LogP contribution in [0.25, 0.3) is 0 Å². The number of rotatable bonds is 10. The number of hydrogen-bond acceptors (Lipinski definition) is 4. The van der Waals surface area contributed by atoms with E-state index in [1.54, 1.807) is 11.3 Å². The van der Waals surface area contributed by atoms with E-state index in [-0.39, 0.29) is 24.0 Å². The highest BCUT2D eigenvalue weighted by Gasteiger charge is 2.10. The lowest BCUT2D eigenvalue weighted by Crippen LogP contribution is -2.40. The van der Waals surface area contributed by atoms with E-state index in [1.807, 2.05) is 7.05 Å². The highest BCUT2D eigenvalue weighted by molar-refractivity contribution is 14.0. The molecule has 1 atom stereocenters. The maximum absolute atomic E-state index is 4.60. The molecule has 0 aliphatic rings. The lowest BCUT2D eigenvalue weighted by molar-refractivity contribution is 0.238. The molecular weight excluding hydrogens is 481 g/mol. The van der Waals surface area contributed by atoms with Crippen molar-refractivity contribution in [1.82, 2.24) is 20.5 Å². The van der Waals surface area contributed by atoms with E-state index in [0.717, 1.165) is 50.6 Å². The van der Waals surface area contributed by atoms with Gasteiger partial charge in [-0.1, -0.05) is 37.3 Å². The van der Waals surface area contributed by atoms with Gasteiger partial charge < -0.3 is 10.6 Å². The molecule has 5 nitrogen and oxygen atoms in total. The molecule has 0 saturated heterocycles. The lowest BCUT2D eigenvalue weighted by Gasteiger charge is -2.25. The molecule has 0 spiro atoms. The molecule has 2 aromatic rings. The van der Waals surface area contributed by atoms with Crippen molar-refractivity contribution in [3.63, 3.8) is 0 Å². The largest absolute Gasteiger partial charge is 0.356 e. The van der Waals surface area contributed by atoms with Crippen LogP contribution in [0.15, 0.2) is 40.7 Å². The SMILES string of the molecule is CCc1nc(CCNC(=NC)NCCC(C)N(C)Cc2ccccc2)cs1.I. The molecule has 0 radical (unpaired) electrons. The summed E-state index contributed by atoms with van der Waals surface area (Å²) < 4.78 is 0. The van der Waals surface area contributed by atoms with Gasteiger partial charge in [0, 0.05) is 44.5 Å². The Morgan fingerprint density at radius 1 is 1.21 bits per heavy atom. The summed E-state index contributed by atoms with van der Waals surface area (Å²) in [6.45, 7) is 7.13. The minimum absolute atomic E-state index is 0. The van der Waals surface area contributed by atoms with E-state index in [4.69, 9.17) is 0 Å². The second-order valence-electron chi connectivity index (χ2n) is 6.80. The van der Waals surface area contributed by atoms with Gasteiger partial charge in [0.15, 0.2) is 5.96 Å². The standard InChI is InChI=1S/C21H33N5S.HI/c1-5-20-25-19(16-27-20)12-14-24-21(22-3)23-13-11-17(2)26(4)15-18-9-7-6-8-10-18;/h6-10,16-17H,5,11-15H2,1-4H3,(H2,22,23,24);1H. The average Bonchev–Trinajstić information content (AvgIpc) is 3.15. The molecule has 1 aromatic heterocycles. The second-order valence-corrected chi connectivity index (χ2v) is 7.74. The van der Waals surface area contributed by atoms with Crippen LogP contribution in [-0.2, 0) is 19.4 Å². The molecule has 1 aromatic carbocycles. The minimum Gasteiger partial charge on any atom is -0.356 e. The van der Waals surface area contributed by atoms with Gasteiger partial charge in [0.1, 0.15) is 0 Å². The van der Waals surface area contributed by atoms with E-state index in [0.29, 0.717) is 6.04 Å². The van der Waals surface area contributed by atoms with Crippen LogP contribution in [0.4, 0.5) is 0 Å². The van der Waals surface area contributed by atoms with Crippen LogP contribution in [-0.4, -0.2) is 49.1 Å². The third kappa shape index (κ3) is 8.87. The zero-order chi connectivity index (χ0) is 19.5. The number of halogens is 1. The van der Waals surface area contributed by atoms with E-state index >= 15 is 0 Å². The highest BCUT2D eigenvalue weighted by atomic mass is 127. The molecule has 28 heavy (non-hydrogen) atoms. The van der Waals surface area contributed by atoms with E-state index in [1.165, 1.54) is 10.6 Å². The summed E-state index contributed by atoms with van der Waals surface area (Å²) in [5.41, 5.74) is 2.52. The Balaban J connectivity index is 0.00000392. The summed E-state index contributed by atoms with van der Waals surface area (Å²) in [5, 5.41) is 10.2. The Morgan fingerprint density at radius 2 is 1.93 bits per heavy atom. The number of benzene rings is 1. The molecule has 7 heteroatoms. The third-order valence-corrected chi connectivity index (χ3v) is 5.72. The molecule has 0 aliphatic carbocycles. The van der Waals surface area contributed by atoms with Crippen LogP contribution in [0, 0.1) is 0 Å². The zero-order valence-electron chi connectivity index (χ0n) is 17.4. The normalized spacial score (nSPS) is 12.5. The number of nitrogens with one attached hydrogen (secondary N) is 2. The summed E-state index contributed by atoms with van der Waals surface area (Å²) in [6, 6.07) is 11.1. The number of hydrogen-bond donors (Lipinski definition) is 2. The smallest absolute Gasteiger partial charge is 0.190 e. The fraction of sp³-hybridized carbons (Fsp3) is 0.524. The van der Waals surface area contributed by atoms with Gasteiger partial charge in [0.05, 0.1) is 10.7 Å². The first-order chi connectivity index (χ1) is 13.1. The van der Waals surface area contributed by atoms with Gasteiger partial charge in [-0.05, 0) is 32.4 Å². The number of guanidine groups is 1. The van der Waals surface area contributed by atoms with Crippen molar-refractivity contribution >= 4 is 41.3 Å². The molecule has 0 aliphatic heterocycles. The van der Waals surface area contributed by atoms with Crippen LogP contribution in [0.1, 0.15) is 36.5 Å². The number of nitrogens with zero attached hydrogens (tertiary/aromatic N) is 3. The number of aliphatic imine (C=N–C) groups is 1. The first kappa shape index (κ1) is 24.8. The molecule has 2 rings (SSSR count). The monoisotopic (exact) mass is 515 g/mol. The minimum atomic E-state index is 0. The van der Waals surface area contributed by atoms with Crippen molar-refractivity contribution < 1.29 is 0 Å². The predicted octanol–water partition coefficient (Wildman–Crippen LogP) is 3.94. The molecule has 0 amide bonds. The molecule has 156 valence electrons. The Hall–Kier alpha value is -1.19. The van der Waals surface area contributed by atoms with Gasteiger partial charge in [-0.3, -0.25) is 9.89 Å². The number of aryl methyl sites for hydroxylation is 1. The predicted molar refractivity (Wildman–Crippen MR) is 132 cm³/mol. The van der Waals surface area contributed by atoms with Crippen LogP contribution in [0.3, 0.4) is 0 Å². The molecular formula is C21H34IN5S. The van der Waals surface area contributed by atoms with Crippen molar-refractivity contribution in [2.45, 2.75) is 45.7 Å². The summed E-state index contributed by atoms with van der Waals surface area (Å²) in [7, 11) is 4.00. The molecule has 0 fully saturated rings. The van der Waals surface area contributed by atoms with Crippen LogP contribution in [0.5, 0.6) is 0 Å². The maximum Gasteiger partial charge on any atom is 0.190 e. The van der Waals surface area contributed by atoms with Crippen LogP contribution < -0.4 is 10.6 Å². The summed E-state index contributed by atoms with van der Waals surface area (Å²) in [4.78, 5) is 11.3. The quantitative estimate of drug-likeness (QED) is 0.286. The Kier molecular flexibility index (Phi) is 12.3. The van der Waals surface area contributed by atoms with Crippen molar-refractivity contribution in [3.05, 3.63) is 52.0 Å². The Bertz CT molecular complexity index is 689. The lowest BCUT2D eigenvalue weighted by atomic mass is 10.1. The molecule has 0 saturated carbocycles. The maximum atomic E-state index is 4.60. The fourth-order valence-corrected chi connectivity index (χ4v) is 3.58. The second kappa shape index (κ2) is 13.9. The van der Waals surface area contributed by atoms with Gasteiger partial charge >= 0.3 is 0 Å². The van der Waals surface area contributed by atoms with E-state index in [9.17, 15) is 0 Å². The molecule has 1 heterocycles. The Morgan fingerprint density at radius 3 is 2.57 bits per heavy atom. The Labute approximate surface area is 191 Å². The van der Waals surface area contributed by atoms with Gasteiger partial charge in [-0.15, -0.1) is 35.3 Å². The highest BCUT2D eigenvalue weighted by Crippen LogP contribution is 2.10. The first-order valence-corrected chi connectivity index (χ1v) is 10.6. The third-order valence-electron chi connectivity index (χ3n) is 4.68. The first-order valence-electron chi connectivity index (χ1n) is 9.74. The summed E-state index contributed by atoms with van der Waals surface area (Å²) >= 11 is 1.74. The van der Waals surface area contributed by atoms with Crippen molar-refractivity contribution in [2.75, 3.05) is 27.2 Å². The molecule has 0 bridgehead atoms. The van der Waals surface area contributed by atoms with Crippen molar-refractivity contribution in [2.24, 2.45) is 4.99 Å². The van der Waals surface area contributed by atoms with Gasteiger partial charge in [-0.25, -0.2) is 4.98 Å². The van der Waals surface area contributed by atoms with Crippen LogP contribution in [0.2, 0.25) is 0 Å². The van der Waals surface area contributed by atoms with Crippen molar-refractivity contribution in [1.29, 1.82) is 0 Å². The van der Waals surface area contributed by atoms with Gasteiger partial charge in [0.2, 0.25) is 0 Å². The molecule has 2 N–H and O–H groups in total. The number of thiazole rings is 1. The average molecular weight is 516 g/mol. The number of aromatic nitrogens is 1. The summed E-state index contributed by atoms with van der Waals surface area (Å²) in [6.07, 6.45) is 3.00. The fourth-order valence-electron chi connectivity index (χ4n) is 2.80. The topological polar surface area (TPSA) is 52.6 Å². The van der Waals surface area contributed by atoms with E-state index in [2.05, 4.69) is 82.1 Å². The van der Waals surface area contributed by atoms with Crippen molar-refractivity contribution in [3.8, 4) is 0 Å². The zero-order valence-corrected chi connectivity index (χ0v) is 20.6.